The van der Waals surface area contributed by atoms with Gasteiger partial charge in [-0.2, -0.15) is 0 Å². The summed E-state index contributed by atoms with van der Waals surface area (Å²) in [5.41, 5.74) is 0.938. The van der Waals surface area contributed by atoms with E-state index in [4.69, 9.17) is 0 Å². The van der Waals surface area contributed by atoms with Crippen molar-refractivity contribution >= 4 is 23.5 Å². The molecule has 2 rings (SSSR count). The monoisotopic (exact) mass is 162 g/mol. The van der Waals surface area contributed by atoms with Gasteiger partial charge in [0.2, 0.25) is 0 Å². The predicted molar refractivity (Wildman–Crippen MR) is 46.8 cm³/mol. The lowest BCUT2D eigenvalue weighted by Gasteiger charge is -1.94. The van der Waals surface area contributed by atoms with Gasteiger partial charge in [-0.3, -0.25) is 0 Å². The van der Waals surface area contributed by atoms with Crippen molar-refractivity contribution in [1.82, 2.24) is 9.97 Å². The summed E-state index contributed by atoms with van der Waals surface area (Å²) >= 11 is 4.20. The Labute approximate surface area is 69.7 Å². The topological polar surface area (TPSA) is 25.8 Å². The molecular weight excluding hydrogens is 156 g/mol. The van der Waals surface area contributed by atoms with Gasteiger partial charge in [0.1, 0.15) is 6.33 Å². The van der Waals surface area contributed by atoms with Gasteiger partial charge in [0.15, 0.2) is 0 Å². The van der Waals surface area contributed by atoms with Crippen LogP contribution in [-0.2, 0) is 0 Å². The lowest BCUT2D eigenvalue weighted by atomic mass is 10.2. The number of rotatable bonds is 0. The molecule has 0 aliphatic rings. The first-order valence-electron chi connectivity index (χ1n) is 3.25. The SMILES string of the molecule is Sc1ccc2cncnc2c1. The second kappa shape index (κ2) is 2.51. The number of fused-ring (bicyclic) bond motifs is 1. The zero-order valence-electron chi connectivity index (χ0n) is 5.73. The van der Waals surface area contributed by atoms with Crippen molar-refractivity contribution in [3.8, 4) is 0 Å². The Morgan fingerprint density at radius 1 is 1.27 bits per heavy atom. The van der Waals surface area contributed by atoms with Crippen LogP contribution in [0.4, 0.5) is 0 Å². The van der Waals surface area contributed by atoms with Gasteiger partial charge in [-0.05, 0) is 12.1 Å². The Hall–Kier alpha value is -1.09. The molecule has 0 fully saturated rings. The van der Waals surface area contributed by atoms with E-state index < -0.39 is 0 Å². The van der Waals surface area contributed by atoms with Gasteiger partial charge in [-0.15, -0.1) is 12.6 Å². The maximum atomic E-state index is 4.20. The normalized spacial score (nSPS) is 10.3. The van der Waals surface area contributed by atoms with Gasteiger partial charge in [0.25, 0.3) is 0 Å². The molecule has 11 heavy (non-hydrogen) atoms. The van der Waals surface area contributed by atoms with Crippen LogP contribution < -0.4 is 0 Å². The first kappa shape index (κ1) is 6.61. The van der Waals surface area contributed by atoms with Crippen LogP contribution in [0.3, 0.4) is 0 Å². The fraction of sp³-hybridized carbons (Fsp3) is 0. The van der Waals surface area contributed by atoms with Crippen molar-refractivity contribution in [3.05, 3.63) is 30.7 Å². The minimum atomic E-state index is 0.927. The first-order chi connectivity index (χ1) is 5.36. The van der Waals surface area contributed by atoms with E-state index in [-0.39, 0.29) is 0 Å². The van der Waals surface area contributed by atoms with Gasteiger partial charge < -0.3 is 0 Å². The summed E-state index contributed by atoms with van der Waals surface area (Å²) < 4.78 is 0. The third kappa shape index (κ3) is 1.19. The van der Waals surface area contributed by atoms with Crippen LogP contribution in [0, 0.1) is 0 Å². The third-order valence-corrected chi connectivity index (χ3v) is 1.77. The van der Waals surface area contributed by atoms with Crippen LogP contribution in [0.5, 0.6) is 0 Å². The zero-order chi connectivity index (χ0) is 7.68. The molecule has 3 heteroatoms. The first-order valence-corrected chi connectivity index (χ1v) is 3.70. The summed E-state index contributed by atoms with van der Waals surface area (Å²) in [6.07, 6.45) is 3.32. The van der Waals surface area contributed by atoms with E-state index in [9.17, 15) is 0 Å². The average Bonchev–Trinajstić information content (AvgIpc) is 2.04. The highest BCUT2D eigenvalue weighted by molar-refractivity contribution is 7.80. The fourth-order valence-corrected chi connectivity index (χ4v) is 1.16. The molecule has 0 radical (unpaired) electrons. The molecular formula is C8H6N2S. The standard InChI is InChI=1S/C8H6N2S/c11-7-2-1-6-4-9-5-10-8(6)3-7/h1-5,11H. The van der Waals surface area contributed by atoms with Crippen molar-refractivity contribution in [3.63, 3.8) is 0 Å². The molecule has 1 heterocycles. The summed E-state index contributed by atoms with van der Waals surface area (Å²) in [5, 5.41) is 1.05. The molecule has 0 bridgehead atoms. The highest BCUT2D eigenvalue weighted by atomic mass is 32.1. The highest BCUT2D eigenvalue weighted by Gasteiger charge is 1.92. The summed E-state index contributed by atoms with van der Waals surface area (Å²) in [7, 11) is 0. The Kier molecular flexibility index (Phi) is 1.51. The fourth-order valence-electron chi connectivity index (χ4n) is 0.962. The molecule has 2 nitrogen and oxygen atoms in total. The van der Waals surface area contributed by atoms with Crippen molar-refractivity contribution in [2.75, 3.05) is 0 Å². The number of hydrogen-bond acceptors (Lipinski definition) is 3. The summed E-state index contributed by atoms with van der Waals surface area (Å²) in [6, 6.07) is 5.80. The van der Waals surface area contributed by atoms with E-state index in [1.165, 1.54) is 6.33 Å². The average molecular weight is 162 g/mol. The van der Waals surface area contributed by atoms with Crippen molar-refractivity contribution in [2.24, 2.45) is 0 Å². The molecule has 1 aromatic heterocycles. The van der Waals surface area contributed by atoms with Crippen LogP contribution in [0.25, 0.3) is 10.9 Å². The highest BCUT2D eigenvalue weighted by Crippen LogP contribution is 2.13. The van der Waals surface area contributed by atoms with Gasteiger partial charge in [-0.1, -0.05) is 6.07 Å². The van der Waals surface area contributed by atoms with Crippen LogP contribution in [0.15, 0.2) is 35.6 Å². The Morgan fingerprint density at radius 2 is 2.18 bits per heavy atom. The maximum Gasteiger partial charge on any atom is 0.116 e. The van der Waals surface area contributed by atoms with Crippen molar-refractivity contribution in [1.29, 1.82) is 0 Å². The summed E-state index contributed by atoms with van der Waals surface area (Å²) in [6.45, 7) is 0. The second-order valence-corrected chi connectivity index (χ2v) is 2.78. The Bertz CT molecular complexity index is 387. The quantitative estimate of drug-likeness (QED) is 0.599. The number of hydrogen-bond donors (Lipinski definition) is 1. The van der Waals surface area contributed by atoms with E-state index in [1.807, 2.05) is 18.2 Å². The molecule has 0 spiro atoms. The van der Waals surface area contributed by atoms with Crippen LogP contribution in [0.1, 0.15) is 0 Å². The maximum absolute atomic E-state index is 4.20. The van der Waals surface area contributed by atoms with Crippen LogP contribution >= 0.6 is 12.6 Å². The number of thiol groups is 1. The van der Waals surface area contributed by atoms with Crippen molar-refractivity contribution < 1.29 is 0 Å². The van der Waals surface area contributed by atoms with Crippen molar-refractivity contribution in [2.45, 2.75) is 4.90 Å². The molecule has 0 saturated heterocycles. The van der Waals surface area contributed by atoms with Gasteiger partial charge in [0.05, 0.1) is 5.52 Å². The molecule has 2 aromatic rings. The molecule has 0 unspecified atom stereocenters. The van der Waals surface area contributed by atoms with E-state index in [1.54, 1.807) is 6.20 Å². The minimum absolute atomic E-state index is 0.927. The smallest absolute Gasteiger partial charge is 0.116 e. The van der Waals surface area contributed by atoms with E-state index in [0.717, 1.165) is 15.8 Å². The van der Waals surface area contributed by atoms with E-state index >= 15 is 0 Å². The van der Waals surface area contributed by atoms with E-state index in [0.29, 0.717) is 0 Å². The number of aromatic nitrogens is 2. The van der Waals surface area contributed by atoms with Crippen LogP contribution in [0.2, 0.25) is 0 Å². The van der Waals surface area contributed by atoms with Gasteiger partial charge in [-0.25, -0.2) is 9.97 Å². The second-order valence-electron chi connectivity index (χ2n) is 2.27. The van der Waals surface area contributed by atoms with E-state index in [2.05, 4.69) is 22.6 Å². The van der Waals surface area contributed by atoms with Gasteiger partial charge >= 0.3 is 0 Å². The molecule has 54 valence electrons. The lowest BCUT2D eigenvalue weighted by molar-refractivity contribution is 1.22. The van der Waals surface area contributed by atoms with Crippen LogP contribution in [-0.4, -0.2) is 9.97 Å². The van der Waals surface area contributed by atoms with Gasteiger partial charge in [0, 0.05) is 16.5 Å². The third-order valence-electron chi connectivity index (χ3n) is 1.49. The molecule has 0 atom stereocenters. The molecule has 0 N–H and O–H groups in total. The zero-order valence-corrected chi connectivity index (χ0v) is 6.62. The number of nitrogens with zero attached hydrogens (tertiary/aromatic N) is 2. The molecule has 0 amide bonds. The number of benzene rings is 1. The minimum Gasteiger partial charge on any atom is -0.244 e. The Balaban J connectivity index is 2.83. The summed E-state index contributed by atoms with van der Waals surface area (Å²) in [4.78, 5) is 8.92. The molecule has 0 aliphatic heterocycles. The molecule has 0 aliphatic carbocycles. The summed E-state index contributed by atoms with van der Waals surface area (Å²) in [5.74, 6) is 0. The Morgan fingerprint density at radius 3 is 3.09 bits per heavy atom. The molecule has 1 aromatic carbocycles. The lowest BCUT2D eigenvalue weighted by Crippen LogP contribution is -1.79. The predicted octanol–water partition coefficient (Wildman–Crippen LogP) is 1.92. The largest absolute Gasteiger partial charge is 0.244 e. The molecule has 0 saturated carbocycles.